The number of allylic oxidation sites excluding steroid dienone is 1. The Morgan fingerprint density at radius 3 is 2.44 bits per heavy atom. The normalized spacial score (nSPS) is 15.0. The number of aromatic nitrogens is 2. The van der Waals surface area contributed by atoms with E-state index in [4.69, 9.17) is 14.5 Å². The van der Waals surface area contributed by atoms with Crippen LogP contribution in [0.3, 0.4) is 0 Å². The van der Waals surface area contributed by atoms with Gasteiger partial charge in [0.25, 0.3) is 5.56 Å². The molecular weight excluding hydrogens is 560 g/mol. The molecule has 1 atom stereocenters. The third kappa shape index (κ3) is 5.69. The summed E-state index contributed by atoms with van der Waals surface area (Å²) in [6.45, 7) is 11.8. The quantitative estimate of drug-likeness (QED) is 0.265. The second kappa shape index (κ2) is 12.1. The number of anilines is 1. The predicted octanol–water partition coefficient (Wildman–Crippen LogP) is 5.06. The van der Waals surface area contributed by atoms with Gasteiger partial charge in [0.2, 0.25) is 0 Å². The van der Waals surface area contributed by atoms with Gasteiger partial charge in [0.1, 0.15) is 11.8 Å². The van der Waals surface area contributed by atoms with Crippen molar-refractivity contribution in [2.45, 2.75) is 53.7 Å². The maximum absolute atomic E-state index is 14.2. The van der Waals surface area contributed by atoms with Gasteiger partial charge in [-0.15, -0.1) is 0 Å². The Bertz CT molecular complexity index is 1890. The Morgan fingerprint density at radius 1 is 1.09 bits per heavy atom. The summed E-state index contributed by atoms with van der Waals surface area (Å²) < 4.78 is 15.9. The van der Waals surface area contributed by atoms with Crippen LogP contribution >= 0.6 is 11.3 Å². The summed E-state index contributed by atoms with van der Waals surface area (Å²) in [4.78, 5) is 34.8. The molecule has 2 aromatic carbocycles. The summed E-state index contributed by atoms with van der Waals surface area (Å²) in [6, 6.07) is 17.3. The van der Waals surface area contributed by atoms with Gasteiger partial charge in [-0.1, -0.05) is 29.5 Å². The lowest BCUT2D eigenvalue weighted by molar-refractivity contribution is -0.139. The number of thiazole rings is 1. The maximum Gasteiger partial charge on any atom is 0.338 e. The third-order valence-electron chi connectivity index (χ3n) is 7.47. The van der Waals surface area contributed by atoms with E-state index in [9.17, 15) is 9.59 Å². The molecule has 0 radical (unpaired) electrons. The Hall–Kier alpha value is -4.37. The lowest BCUT2D eigenvalue weighted by Crippen LogP contribution is -2.40. The number of esters is 1. The van der Waals surface area contributed by atoms with Crippen molar-refractivity contribution in [3.05, 3.63) is 108 Å². The minimum atomic E-state index is -0.741. The Labute approximate surface area is 255 Å². The zero-order valence-electron chi connectivity index (χ0n) is 26.0. The molecule has 224 valence electrons. The second-order valence-corrected chi connectivity index (χ2v) is 12.1. The minimum Gasteiger partial charge on any atom is -0.491 e. The van der Waals surface area contributed by atoms with Crippen molar-refractivity contribution in [3.63, 3.8) is 0 Å². The van der Waals surface area contributed by atoms with Crippen LogP contribution in [0, 0.1) is 13.8 Å². The predicted molar refractivity (Wildman–Crippen MR) is 172 cm³/mol. The van der Waals surface area contributed by atoms with Gasteiger partial charge in [0, 0.05) is 42.4 Å². The van der Waals surface area contributed by atoms with Crippen molar-refractivity contribution in [1.82, 2.24) is 9.13 Å². The fourth-order valence-electron chi connectivity index (χ4n) is 5.53. The number of fused-ring (bicyclic) bond motifs is 1. The third-order valence-corrected chi connectivity index (χ3v) is 8.46. The number of benzene rings is 2. The molecule has 8 nitrogen and oxygen atoms in total. The highest BCUT2D eigenvalue weighted by Crippen LogP contribution is 2.36. The van der Waals surface area contributed by atoms with Gasteiger partial charge >= 0.3 is 5.97 Å². The first-order valence-electron chi connectivity index (χ1n) is 14.4. The fourth-order valence-corrected chi connectivity index (χ4v) is 6.56. The first-order chi connectivity index (χ1) is 20.5. The molecule has 1 aliphatic rings. The van der Waals surface area contributed by atoms with E-state index < -0.39 is 12.0 Å². The van der Waals surface area contributed by atoms with Crippen molar-refractivity contribution < 1.29 is 14.3 Å². The summed E-state index contributed by atoms with van der Waals surface area (Å²) in [6.07, 6.45) is 1.83. The van der Waals surface area contributed by atoms with Gasteiger partial charge in [0.05, 0.1) is 28.5 Å². The topological polar surface area (TPSA) is 78.1 Å². The highest BCUT2D eigenvalue weighted by molar-refractivity contribution is 7.07. The molecule has 0 aliphatic carbocycles. The van der Waals surface area contributed by atoms with E-state index in [1.165, 1.54) is 11.3 Å². The number of nitrogens with zero attached hydrogens (tertiary/aromatic N) is 4. The molecule has 1 aliphatic heterocycles. The van der Waals surface area contributed by atoms with Crippen molar-refractivity contribution >= 4 is 29.1 Å². The second-order valence-electron chi connectivity index (χ2n) is 11.1. The van der Waals surface area contributed by atoms with Crippen LogP contribution in [-0.4, -0.2) is 41.9 Å². The van der Waals surface area contributed by atoms with Crippen LogP contribution < -0.4 is 24.5 Å². The molecule has 0 fully saturated rings. The molecule has 0 N–H and O–H groups in total. The van der Waals surface area contributed by atoms with Crippen LogP contribution in [0.4, 0.5) is 5.69 Å². The number of hydrogen-bond donors (Lipinski definition) is 0. The Kier molecular flexibility index (Phi) is 8.46. The van der Waals surface area contributed by atoms with E-state index >= 15 is 0 Å². The van der Waals surface area contributed by atoms with Crippen molar-refractivity contribution in [1.29, 1.82) is 0 Å². The average molecular weight is 599 g/mol. The smallest absolute Gasteiger partial charge is 0.338 e. The van der Waals surface area contributed by atoms with Gasteiger partial charge in [-0.3, -0.25) is 9.36 Å². The number of aryl methyl sites for hydroxylation is 1. The summed E-state index contributed by atoms with van der Waals surface area (Å²) in [5.41, 5.74) is 6.56. The molecule has 2 aromatic heterocycles. The molecule has 0 amide bonds. The van der Waals surface area contributed by atoms with Crippen molar-refractivity contribution in [2.24, 2.45) is 4.99 Å². The van der Waals surface area contributed by atoms with E-state index in [0.29, 0.717) is 31.9 Å². The van der Waals surface area contributed by atoms with Crippen molar-refractivity contribution in [2.75, 3.05) is 25.6 Å². The van der Waals surface area contributed by atoms with Crippen LogP contribution in [0.5, 0.6) is 5.75 Å². The first-order valence-corrected chi connectivity index (χ1v) is 15.2. The van der Waals surface area contributed by atoms with Crippen LogP contribution in [0.2, 0.25) is 0 Å². The average Bonchev–Trinajstić information content (AvgIpc) is 3.41. The van der Waals surface area contributed by atoms with Crippen molar-refractivity contribution in [3.8, 4) is 11.4 Å². The lowest BCUT2D eigenvalue weighted by atomic mass is 9.95. The molecule has 3 heterocycles. The molecule has 5 rings (SSSR count). The molecular formula is C34H38N4O4S. The highest BCUT2D eigenvalue weighted by Gasteiger charge is 2.35. The maximum atomic E-state index is 14.2. The highest BCUT2D eigenvalue weighted by atomic mass is 32.1. The summed E-state index contributed by atoms with van der Waals surface area (Å²) in [7, 11) is 4.04. The SMILES string of the molecule is CCOC(=O)C1=C(C)N=c2s/c(=C/c3cc(C)n(-c4ccc(N(C)C)cc4)c3C)c(=O)n2[C@@H]1c1ccccc1OC(C)C. The number of hydrogen-bond acceptors (Lipinski definition) is 7. The number of carbonyl (C=O) groups is 1. The van der Waals surface area contributed by atoms with Gasteiger partial charge in [0.15, 0.2) is 4.80 Å². The standard InChI is InChI=1S/C34H38N4O4S/c1-9-41-33(40)30-22(5)35-34-38(31(30)27-12-10-11-13-28(27)42-20(2)3)32(39)29(43-34)19-24-18-21(4)37(23(24)6)26-16-14-25(15-17-26)36(7)8/h10-20,31H,9H2,1-8H3/b29-19+/t31-/m1/s1. The van der Waals surface area contributed by atoms with Gasteiger partial charge in [-0.25, -0.2) is 9.79 Å². The van der Waals surface area contributed by atoms with Crippen LogP contribution in [-0.2, 0) is 9.53 Å². The van der Waals surface area contributed by atoms with E-state index in [1.807, 2.05) is 58.3 Å². The molecule has 0 bridgehead atoms. The Balaban J connectivity index is 1.68. The van der Waals surface area contributed by atoms with Gasteiger partial charge < -0.3 is 18.9 Å². The van der Waals surface area contributed by atoms with Crippen LogP contribution in [0.25, 0.3) is 11.8 Å². The van der Waals surface area contributed by atoms with Gasteiger partial charge in [-0.05, 0) is 89.6 Å². The number of ether oxygens (including phenoxy) is 2. The number of rotatable bonds is 8. The summed E-state index contributed by atoms with van der Waals surface area (Å²) in [5, 5.41) is 0. The van der Waals surface area contributed by atoms with E-state index in [2.05, 4.69) is 53.6 Å². The largest absolute Gasteiger partial charge is 0.491 e. The zero-order chi connectivity index (χ0) is 31.0. The molecule has 9 heteroatoms. The molecule has 0 saturated heterocycles. The monoisotopic (exact) mass is 598 g/mol. The molecule has 4 aromatic rings. The van der Waals surface area contributed by atoms with E-state index in [0.717, 1.165) is 28.3 Å². The molecule has 0 unspecified atom stereocenters. The summed E-state index contributed by atoms with van der Waals surface area (Å²) >= 11 is 1.32. The Morgan fingerprint density at radius 2 is 1.79 bits per heavy atom. The molecule has 0 spiro atoms. The van der Waals surface area contributed by atoms with E-state index in [-0.39, 0.29) is 18.3 Å². The van der Waals surface area contributed by atoms with Crippen LogP contribution in [0.1, 0.15) is 56.3 Å². The first kappa shape index (κ1) is 30.1. The summed E-state index contributed by atoms with van der Waals surface area (Å²) in [5.74, 6) is 0.114. The number of carbonyl (C=O) groups excluding carboxylic acids is 1. The molecule has 43 heavy (non-hydrogen) atoms. The lowest BCUT2D eigenvalue weighted by Gasteiger charge is -2.26. The molecule has 0 saturated carbocycles. The van der Waals surface area contributed by atoms with Crippen LogP contribution in [0.15, 0.2) is 75.7 Å². The fraction of sp³-hybridized carbons (Fsp3) is 0.324. The minimum absolute atomic E-state index is 0.0950. The number of para-hydroxylation sites is 1. The zero-order valence-corrected chi connectivity index (χ0v) is 26.8. The van der Waals surface area contributed by atoms with Gasteiger partial charge in [-0.2, -0.15) is 0 Å². The van der Waals surface area contributed by atoms with E-state index in [1.54, 1.807) is 18.4 Å².